The van der Waals surface area contributed by atoms with Crippen molar-refractivity contribution in [1.29, 1.82) is 0 Å². The molecule has 0 aliphatic heterocycles. The zero-order chi connectivity index (χ0) is 22.1. The molecule has 3 aromatic rings. The second kappa shape index (κ2) is 8.02. The van der Waals surface area contributed by atoms with Crippen LogP contribution in [-0.4, -0.2) is 20.6 Å². The van der Waals surface area contributed by atoms with Gasteiger partial charge in [0.05, 0.1) is 17.6 Å². The van der Waals surface area contributed by atoms with E-state index in [0.717, 1.165) is 17.7 Å². The molecular weight excluding hydrogens is 417 g/mol. The Hall–Kier alpha value is -3.00. The number of benzene rings is 3. The first-order valence-electron chi connectivity index (χ1n) is 8.90. The number of hydrogen-bond acceptors (Lipinski definition) is 4. The van der Waals surface area contributed by atoms with Crippen LogP contribution in [0.4, 0.5) is 13.2 Å². The Bertz CT molecular complexity index is 1150. The van der Waals surface area contributed by atoms with Crippen molar-refractivity contribution in [2.45, 2.75) is 23.2 Å². The lowest BCUT2D eigenvalue weighted by Crippen LogP contribution is -2.20. The first-order chi connectivity index (χ1) is 14.1. The number of rotatable bonds is 5. The van der Waals surface area contributed by atoms with Crippen molar-refractivity contribution >= 4 is 9.84 Å². The zero-order valence-electron chi connectivity index (χ0n) is 16.1. The van der Waals surface area contributed by atoms with Gasteiger partial charge >= 0.3 is 6.18 Å². The molecule has 0 spiro atoms. The van der Waals surface area contributed by atoms with Gasteiger partial charge in [-0.15, -0.1) is 0 Å². The van der Waals surface area contributed by atoms with Crippen molar-refractivity contribution in [2.24, 2.45) is 0 Å². The van der Waals surface area contributed by atoms with Crippen molar-refractivity contribution in [1.82, 2.24) is 0 Å². The average molecular weight is 436 g/mol. The van der Waals surface area contributed by atoms with Crippen LogP contribution in [0.15, 0.2) is 71.6 Å². The topological polar surface area (TPSA) is 63.6 Å². The number of aryl methyl sites for hydroxylation is 1. The summed E-state index contributed by atoms with van der Waals surface area (Å²) in [7, 11) is -3.10. The predicted octanol–water partition coefficient (Wildman–Crippen LogP) is 5.29. The van der Waals surface area contributed by atoms with Crippen LogP contribution in [0.25, 0.3) is 0 Å². The Kier molecular flexibility index (Phi) is 5.81. The smallest absolute Gasteiger partial charge is 0.416 e. The predicted molar refractivity (Wildman–Crippen MR) is 106 cm³/mol. The van der Waals surface area contributed by atoms with E-state index >= 15 is 0 Å². The highest BCUT2D eigenvalue weighted by Gasteiger charge is 2.41. The van der Waals surface area contributed by atoms with Crippen LogP contribution < -0.4 is 4.74 Å². The maximum Gasteiger partial charge on any atom is 0.416 e. The van der Waals surface area contributed by atoms with Crippen LogP contribution in [-0.2, 0) is 16.0 Å². The van der Waals surface area contributed by atoms with Gasteiger partial charge in [0.15, 0.2) is 21.3 Å². The third-order valence-electron chi connectivity index (χ3n) is 4.74. The van der Waals surface area contributed by atoms with Crippen LogP contribution in [0.3, 0.4) is 0 Å². The van der Waals surface area contributed by atoms with E-state index in [1.54, 1.807) is 19.1 Å². The van der Waals surface area contributed by atoms with Crippen molar-refractivity contribution in [2.75, 3.05) is 7.11 Å². The maximum atomic E-state index is 13.7. The molecule has 1 unspecified atom stereocenters. The largest absolute Gasteiger partial charge is 0.504 e. The molecule has 0 saturated carbocycles. The third kappa shape index (κ3) is 4.00. The Morgan fingerprint density at radius 3 is 2.10 bits per heavy atom. The minimum absolute atomic E-state index is 0.0407. The molecule has 0 aliphatic rings. The minimum Gasteiger partial charge on any atom is -0.504 e. The molecule has 3 aromatic carbocycles. The molecule has 1 atom stereocenters. The van der Waals surface area contributed by atoms with Crippen LogP contribution in [0.1, 0.15) is 27.5 Å². The van der Waals surface area contributed by atoms with Gasteiger partial charge in [-0.1, -0.05) is 48.0 Å². The van der Waals surface area contributed by atoms with Gasteiger partial charge in [-0.2, -0.15) is 13.2 Å². The molecule has 1 N–H and O–H groups in total. The third-order valence-corrected chi connectivity index (χ3v) is 6.80. The van der Waals surface area contributed by atoms with Crippen LogP contribution >= 0.6 is 0 Å². The van der Waals surface area contributed by atoms with E-state index in [0.29, 0.717) is 0 Å². The van der Waals surface area contributed by atoms with E-state index in [1.807, 2.05) is 0 Å². The monoisotopic (exact) mass is 436 g/mol. The molecular formula is C22H19F3O4S. The van der Waals surface area contributed by atoms with Crippen LogP contribution in [0.5, 0.6) is 11.5 Å². The van der Waals surface area contributed by atoms with E-state index in [-0.39, 0.29) is 16.2 Å². The van der Waals surface area contributed by atoms with Gasteiger partial charge < -0.3 is 9.84 Å². The Morgan fingerprint density at radius 1 is 0.900 bits per heavy atom. The Labute approximate surface area is 172 Å². The second-order valence-corrected chi connectivity index (χ2v) is 8.75. The van der Waals surface area contributed by atoms with Gasteiger partial charge in [-0.25, -0.2) is 8.42 Å². The fourth-order valence-electron chi connectivity index (χ4n) is 3.27. The minimum atomic E-state index is -4.79. The molecule has 3 rings (SSSR count). The van der Waals surface area contributed by atoms with Crippen molar-refractivity contribution in [3.63, 3.8) is 0 Å². The highest BCUT2D eigenvalue weighted by atomic mass is 32.2. The van der Waals surface area contributed by atoms with Crippen molar-refractivity contribution in [3.8, 4) is 11.5 Å². The van der Waals surface area contributed by atoms with E-state index in [1.165, 1.54) is 49.6 Å². The summed E-state index contributed by atoms with van der Waals surface area (Å²) in [6.07, 6.45) is -4.79. The normalized spacial score (nSPS) is 13.1. The van der Waals surface area contributed by atoms with Crippen LogP contribution in [0.2, 0.25) is 0 Å². The number of ether oxygens (including phenoxy) is 1. The standard InChI is InChI=1S/C22H19F3O4S/c1-14-10-12-15(13-11-14)30(27,28)21(17-7-5-9-19(29-2)20(17)26)16-6-3-4-8-18(16)22(23,24)25/h3-13,21,26H,1-2H3. The number of hydrogen-bond donors (Lipinski definition) is 1. The molecule has 30 heavy (non-hydrogen) atoms. The van der Waals surface area contributed by atoms with Crippen molar-refractivity contribution < 1.29 is 31.4 Å². The van der Waals surface area contributed by atoms with Crippen LogP contribution in [0, 0.1) is 6.92 Å². The molecule has 8 heteroatoms. The zero-order valence-corrected chi connectivity index (χ0v) is 17.0. The molecule has 4 nitrogen and oxygen atoms in total. The highest BCUT2D eigenvalue weighted by Crippen LogP contribution is 2.46. The summed E-state index contributed by atoms with van der Waals surface area (Å²) in [5.41, 5.74) is -0.973. The summed E-state index contributed by atoms with van der Waals surface area (Å²) >= 11 is 0. The summed E-state index contributed by atoms with van der Waals surface area (Å²) in [5, 5.41) is 8.80. The maximum absolute atomic E-state index is 13.7. The number of phenolic OH excluding ortho intramolecular Hbond substituents is 1. The first-order valence-corrected chi connectivity index (χ1v) is 10.4. The molecule has 0 fully saturated rings. The molecule has 0 bridgehead atoms. The highest BCUT2D eigenvalue weighted by molar-refractivity contribution is 7.92. The fraction of sp³-hybridized carbons (Fsp3) is 0.182. The number of alkyl halides is 3. The quantitative estimate of drug-likeness (QED) is 0.590. The number of para-hydroxylation sites is 1. The molecule has 158 valence electrons. The van der Waals surface area contributed by atoms with E-state index in [9.17, 15) is 26.7 Å². The molecule has 0 radical (unpaired) electrons. The molecule has 0 amide bonds. The summed E-state index contributed by atoms with van der Waals surface area (Å²) < 4.78 is 73.3. The van der Waals surface area contributed by atoms with Gasteiger partial charge in [0, 0.05) is 5.56 Å². The van der Waals surface area contributed by atoms with Gasteiger partial charge in [0.2, 0.25) is 0 Å². The second-order valence-electron chi connectivity index (χ2n) is 6.72. The number of aromatic hydroxyl groups is 1. The van der Waals surface area contributed by atoms with Crippen molar-refractivity contribution in [3.05, 3.63) is 89.0 Å². The molecule has 0 saturated heterocycles. The fourth-order valence-corrected chi connectivity index (χ4v) is 5.12. The SMILES string of the molecule is COc1cccc(C(c2ccccc2C(F)(F)F)S(=O)(=O)c2ccc(C)cc2)c1O. The summed E-state index contributed by atoms with van der Waals surface area (Å²) in [4.78, 5) is -0.155. The van der Waals surface area contributed by atoms with E-state index in [2.05, 4.69) is 0 Å². The molecule has 0 aromatic heterocycles. The lowest BCUT2D eigenvalue weighted by atomic mass is 9.98. The Balaban J connectivity index is 2.36. The lowest BCUT2D eigenvalue weighted by molar-refractivity contribution is -0.138. The first kappa shape index (κ1) is 21.7. The van der Waals surface area contributed by atoms with Gasteiger partial charge in [0.25, 0.3) is 0 Å². The Morgan fingerprint density at radius 2 is 1.50 bits per heavy atom. The van der Waals surface area contributed by atoms with Gasteiger partial charge in [-0.3, -0.25) is 0 Å². The van der Waals surface area contributed by atoms with E-state index in [4.69, 9.17) is 4.74 Å². The number of sulfone groups is 1. The average Bonchev–Trinajstić information content (AvgIpc) is 2.69. The van der Waals surface area contributed by atoms with Gasteiger partial charge in [0.1, 0.15) is 5.25 Å². The molecule has 0 aliphatic carbocycles. The molecule has 0 heterocycles. The van der Waals surface area contributed by atoms with Gasteiger partial charge in [-0.05, 0) is 36.8 Å². The summed E-state index contributed by atoms with van der Waals surface area (Å²) in [6.45, 7) is 1.76. The summed E-state index contributed by atoms with van der Waals surface area (Å²) in [6, 6.07) is 14.3. The summed E-state index contributed by atoms with van der Waals surface area (Å²) in [5.74, 6) is -0.571. The number of methoxy groups -OCH3 is 1. The van der Waals surface area contributed by atoms with E-state index < -0.39 is 38.1 Å². The number of halogens is 3. The number of phenols is 1. The lowest BCUT2D eigenvalue weighted by Gasteiger charge is -2.24.